The molecule has 0 aromatic heterocycles. The van der Waals surface area contributed by atoms with Gasteiger partial charge in [0.1, 0.15) is 30.1 Å². The van der Waals surface area contributed by atoms with Gasteiger partial charge in [0.15, 0.2) is 5.78 Å². The number of ether oxygens (including phenoxy) is 6. The SMILES string of the molecule is CO[C@H]1C[C@@H]2CC[C@@H](C)[C@@](O)(O2)C(=O)C(=O)N2CCCC[C@H]2C(=O)O[C@H]([C@H](C)C[C@@H]2CC[C@@H](OP(C)(=O)OCCOCCO)[C@H](OC)C2)CC(=O)[C@H](C)/C=C(\C)[C@@H](O)[C@@H](OC)C(=O)[C@H](C)C[C@H](C)/C=C/C=CC=C1C. The van der Waals surface area contributed by atoms with Crippen LogP contribution >= 0.6 is 7.60 Å². The van der Waals surface area contributed by atoms with Crippen molar-refractivity contribution >= 4 is 36.8 Å². The fourth-order valence-electron chi connectivity index (χ4n) is 10.9. The second kappa shape index (κ2) is 30.8. The number of hydrogen-bond donors (Lipinski definition) is 3. The summed E-state index contributed by atoms with van der Waals surface area (Å²) in [4.78, 5) is 72.6. The van der Waals surface area contributed by atoms with E-state index in [1.54, 1.807) is 48.0 Å². The van der Waals surface area contributed by atoms with Crippen molar-refractivity contribution in [2.45, 2.75) is 180 Å². The van der Waals surface area contributed by atoms with Crippen LogP contribution in [0.25, 0.3) is 0 Å². The molecule has 1 saturated carbocycles. The molecule has 2 saturated heterocycles. The van der Waals surface area contributed by atoms with Gasteiger partial charge in [0.25, 0.3) is 11.7 Å². The zero-order chi connectivity index (χ0) is 55.6. The molecule has 1 aliphatic carbocycles. The maximum atomic E-state index is 14.6. The number of amides is 1. The summed E-state index contributed by atoms with van der Waals surface area (Å²) in [6, 6.07) is -1.19. The van der Waals surface area contributed by atoms with Gasteiger partial charge in [0.05, 0.1) is 50.8 Å². The first-order valence-electron chi connectivity index (χ1n) is 27.1. The Bertz CT molecular complexity index is 2060. The van der Waals surface area contributed by atoms with Crippen molar-refractivity contribution < 1.29 is 81.3 Å². The van der Waals surface area contributed by atoms with Crippen LogP contribution in [0.5, 0.6) is 0 Å². The van der Waals surface area contributed by atoms with E-state index in [4.69, 9.17) is 42.6 Å². The van der Waals surface area contributed by atoms with Crippen molar-refractivity contribution in [1.82, 2.24) is 4.90 Å². The molecule has 0 radical (unpaired) electrons. The fourth-order valence-corrected chi connectivity index (χ4v) is 12.1. The van der Waals surface area contributed by atoms with Gasteiger partial charge in [-0.25, -0.2) is 4.79 Å². The Kier molecular flexibility index (Phi) is 26.4. The first-order chi connectivity index (χ1) is 35.5. The number of esters is 1. The molecule has 3 heterocycles. The molecule has 19 heteroatoms. The lowest BCUT2D eigenvalue weighted by Gasteiger charge is -2.42. The molecule has 0 spiro atoms. The van der Waals surface area contributed by atoms with E-state index in [0.29, 0.717) is 69.8 Å². The molecule has 3 fully saturated rings. The molecule has 0 aromatic carbocycles. The molecular weight excluding hydrogens is 990 g/mol. The van der Waals surface area contributed by atoms with Gasteiger partial charge in [0.2, 0.25) is 5.79 Å². The zero-order valence-corrected chi connectivity index (χ0v) is 47.4. The number of hydrogen-bond acceptors (Lipinski definition) is 17. The highest BCUT2D eigenvalue weighted by molar-refractivity contribution is 7.53. The molecule has 18 nitrogen and oxygen atoms in total. The number of fused-ring (bicyclic) bond motifs is 3. The van der Waals surface area contributed by atoms with Crippen LogP contribution in [-0.2, 0) is 66.0 Å². The molecule has 1 amide bonds. The van der Waals surface area contributed by atoms with Crippen LogP contribution in [0, 0.1) is 35.5 Å². The normalized spacial score (nSPS) is 36.4. The molecular formula is C56H90NO17P. The number of aliphatic hydroxyl groups is 3. The molecule has 2 bridgehead atoms. The third-order valence-electron chi connectivity index (χ3n) is 15.6. The van der Waals surface area contributed by atoms with E-state index in [1.807, 2.05) is 51.2 Å². The van der Waals surface area contributed by atoms with E-state index in [-0.39, 0.29) is 69.2 Å². The maximum absolute atomic E-state index is 14.6. The minimum Gasteiger partial charge on any atom is -0.460 e. The largest absolute Gasteiger partial charge is 0.460 e. The Balaban J connectivity index is 1.66. The van der Waals surface area contributed by atoms with E-state index in [1.165, 1.54) is 18.7 Å². The topological polar surface area (TPSA) is 240 Å². The number of piperidine rings is 1. The van der Waals surface area contributed by atoms with Gasteiger partial charge in [-0.15, -0.1) is 0 Å². The Morgan fingerprint density at radius 2 is 1.59 bits per heavy atom. The summed E-state index contributed by atoms with van der Waals surface area (Å²) in [7, 11) is 0.977. The Morgan fingerprint density at radius 3 is 2.27 bits per heavy atom. The lowest BCUT2D eigenvalue weighted by molar-refractivity contribution is -0.265. The first-order valence-corrected chi connectivity index (χ1v) is 29.1. The van der Waals surface area contributed by atoms with Crippen molar-refractivity contribution in [2.24, 2.45) is 35.5 Å². The number of methoxy groups -OCH3 is 3. The average Bonchev–Trinajstić information content (AvgIpc) is 3.37. The maximum Gasteiger partial charge on any atom is 0.329 e. The standard InChI is InChI=1S/C56H90NO17P/c1-35-17-13-12-14-18-36(2)47(67-8)33-43-22-20-41(7)56(65,73-43)53(62)54(63)57-24-16-15-19-44(57)55(64)72-48(34-45(59)37(3)30-40(6)51(61)52(69-10)50(60)39(5)29-35)38(4)31-42-21-23-46(49(32-42)68-9)74-75(11,66)71-28-27-70-26-25-58/h12-14,17-18,30,35,37-39,41-44,46-49,51-52,58,61,65H,15-16,19-29,31-34H2,1-11H3/b14-12?,17-13+,36-18?,40-30+/t35-,37-,38-,39-,41-,42+,43+,44+,46-,47+,48+,49-,51-,52+,56-,75?/m1/s1. The van der Waals surface area contributed by atoms with Crippen LogP contribution in [0.15, 0.2) is 47.6 Å². The van der Waals surface area contributed by atoms with Crippen LogP contribution in [-0.4, -0.2) is 165 Å². The van der Waals surface area contributed by atoms with Crippen molar-refractivity contribution in [3.63, 3.8) is 0 Å². The minimum atomic E-state index is -3.51. The molecule has 4 aliphatic rings. The van der Waals surface area contributed by atoms with E-state index < -0.39 is 103 Å². The van der Waals surface area contributed by atoms with Crippen LogP contribution in [0.3, 0.4) is 0 Å². The Hall–Kier alpha value is -3.26. The van der Waals surface area contributed by atoms with Crippen molar-refractivity contribution in [3.05, 3.63) is 47.6 Å². The number of ketones is 3. The summed E-state index contributed by atoms with van der Waals surface area (Å²) in [5.41, 5.74) is 1.22. The third-order valence-corrected chi connectivity index (χ3v) is 16.9. The zero-order valence-electron chi connectivity index (χ0n) is 46.5. The first kappa shape index (κ1) is 64.3. The molecule has 75 heavy (non-hydrogen) atoms. The second-order valence-electron chi connectivity index (χ2n) is 21.6. The summed E-state index contributed by atoms with van der Waals surface area (Å²) in [6.45, 7) is 14.1. The summed E-state index contributed by atoms with van der Waals surface area (Å²) in [6.07, 6.45) is 10.3. The lowest BCUT2D eigenvalue weighted by atomic mass is 9.78. The highest BCUT2D eigenvalue weighted by atomic mass is 31.2. The predicted octanol–water partition coefficient (Wildman–Crippen LogP) is 7.05. The van der Waals surface area contributed by atoms with Gasteiger partial charge >= 0.3 is 13.6 Å². The van der Waals surface area contributed by atoms with E-state index in [9.17, 15) is 38.8 Å². The predicted molar refractivity (Wildman–Crippen MR) is 281 cm³/mol. The smallest absolute Gasteiger partial charge is 0.329 e. The molecule has 3 N–H and O–H groups in total. The third kappa shape index (κ3) is 18.7. The van der Waals surface area contributed by atoms with Crippen LogP contribution in [0.4, 0.5) is 0 Å². The van der Waals surface area contributed by atoms with Crippen LogP contribution in [0.2, 0.25) is 0 Å². The summed E-state index contributed by atoms with van der Waals surface area (Å²) in [5.74, 6) is -8.47. The molecule has 426 valence electrons. The van der Waals surface area contributed by atoms with Gasteiger partial charge in [0, 0.05) is 65.1 Å². The van der Waals surface area contributed by atoms with Crippen molar-refractivity contribution in [3.8, 4) is 0 Å². The number of Topliss-reactive ketones (excluding diaryl/α,β-unsaturated/α-hetero) is 3. The van der Waals surface area contributed by atoms with Gasteiger partial charge in [-0.1, -0.05) is 71.1 Å². The Labute approximate surface area is 445 Å². The van der Waals surface area contributed by atoms with Crippen LogP contribution < -0.4 is 0 Å². The fraction of sp³-hybridized carbons (Fsp3) is 0.768. The summed E-state index contributed by atoms with van der Waals surface area (Å²) < 4.78 is 59.8. The number of nitrogens with zero attached hydrogens (tertiary/aromatic N) is 1. The average molecular weight is 1080 g/mol. The molecule has 0 aromatic rings. The van der Waals surface area contributed by atoms with Gasteiger partial charge in [-0.3, -0.25) is 23.7 Å². The monoisotopic (exact) mass is 1080 g/mol. The van der Waals surface area contributed by atoms with Gasteiger partial charge in [-0.05, 0) is 107 Å². The summed E-state index contributed by atoms with van der Waals surface area (Å²) >= 11 is 0. The van der Waals surface area contributed by atoms with Crippen LogP contribution in [0.1, 0.15) is 126 Å². The number of cyclic esters (lactones) is 1. The molecule has 3 aliphatic heterocycles. The number of aliphatic hydroxyl groups excluding tert-OH is 2. The van der Waals surface area contributed by atoms with E-state index in [2.05, 4.69) is 0 Å². The highest BCUT2D eigenvalue weighted by Gasteiger charge is 2.53. The van der Waals surface area contributed by atoms with Crippen molar-refractivity contribution in [1.29, 1.82) is 0 Å². The van der Waals surface area contributed by atoms with Gasteiger partial charge in [-0.2, -0.15) is 0 Å². The van der Waals surface area contributed by atoms with Crippen molar-refractivity contribution in [2.75, 3.05) is 61.0 Å². The number of rotatable bonds is 14. The molecule has 4 rings (SSSR count). The minimum absolute atomic E-state index is 0.000234. The van der Waals surface area contributed by atoms with E-state index >= 15 is 0 Å². The number of carbonyl (C=O) groups is 5. The number of allylic oxidation sites excluding steroid dienone is 6. The molecule has 16 atom stereocenters. The second-order valence-corrected chi connectivity index (χ2v) is 23.6. The van der Waals surface area contributed by atoms with Gasteiger partial charge < -0.3 is 57.7 Å². The number of carbonyl (C=O) groups excluding carboxylic acids is 5. The summed E-state index contributed by atoms with van der Waals surface area (Å²) in [5, 5.41) is 32.5. The highest BCUT2D eigenvalue weighted by Crippen LogP contribution is 2.48. The van der Waals surface area contributed by atoms with E-state index in [0.717, 1.165) is 5.57 Å². The Morgan fingerprint density at radius 1 is 0.853 bits per heavy atom. The molecule has 1 unspecified atom stereocenters. The quantitative estimate of drug-likeness (QED) is 0.0519. The lowest BCUT2D eigenvalue weighted by Crippen LogP contribution is -2.61.